The van der Waals surface area contributed by atoms with Crippen molar-refractivity contribution in [3.05, 3.63) is 290 Å². The van der Waals surface area contributed by atoms with Crippen LogP contribution in [0.4, 0.5) is 5.69 Å². The van der Waals surface area contributed by atoms with Crippen LogP contribution >= 0.6 is 0 Å². The van der Waals surface area contributed by atoms with Crippen molar-refractivity contribution in [3.63, 3.8) is 0 Å². The molecule has 0 spiro atoms. The summed E-state index contributed by atoms with van der Waals surface area (Å²) < 4.78 is 25.2. The predicted molar refractivity (Wildman–Crippen MR) is 369 cm³/mol. The highest BCUT2D eigenvalue weighted by Gasteiger charge is 2.32. The van der Waals surface area contributed by atoms with Gasteiger partial charge in [0.1, 0.15) is 33.5 Å². The second-order valence-corrected chi connectivity index (χ2v) is 23.2. The van der Waals surface area contributed by atoms with Crippen molar-refractivity contribution >= 4 is 115 Å². The van der Waals surface area contributed by atoms with Crippen LogP contribution in [0.1, 0.15) is 0 Å². The standard InChI is InChI=1S/C82H46N6O3/c1-83-64-47-63(82-85-80(51-26-12-5-13-27-51)84-81(86-82)54-36-43-72-60(46-54)57-30-16-17-31-69(57)89-72)73(50-24-10-4-11-25-50)77(88-66-40-35-53(49-22-8-3-9-23-49)45-62(66)75-68(88)42-38-59-56-29-15-19-33-71(56)91-79(59)75)76(64)87-65-39-34-52(48-20-6-2-7-21-48)44-61(65)74-67(87)41-37-58-55-28-14-18-32-70(55)90-78(58)74/h2-47H. The molecule has 0 aliphatic heterocycles. The van der Waals surface area contributed by atoms with Gasteiger partial charge in [-0.3, -0.25) is 0 Å². The zero-order chi connectivity index (χ0) is 59.8. The summed E-state index contributed by atoms with van der Waals surface area (Å²) in [7, 11) is 0. The normalized spacial score (nSPS) is 11.9. The van der Waals surface area contributed by atoms with Crippen LogP contribution in [0.25, 0.3) is 193 Å². The minimum atomic E-state index is 0.371. The molecular weight excluding hydrogens is 1120 g/mol. The first-order valence-electron chi connectivity index (χ1n) is 30.3. The molecule has 19 rings (SSSR count). The Hall–Kier alpha value is -12.6. The summed E-state index contributed by atoms with van der Waals surface area (Å²) in [5, 5.41) is 9.84. The summed E-state index contributed by atoms with van der Waals surface area (Å²) in [6, 6.07) is 96.5. The van der Waals surface area contributed by atoms with Crippen molar-refractivity contribution < 1.29 is 13.3 Å². The minimum Gasteiger partial charge on any atom is -0.456 e. The summed E-state index contributed by atoms with van der Waals surface area (Å²) in [6.45, 7) is 9.72. The zero-order valence-electron chi connectivity index (χ0n) is 48.5. The first kappa shape index (κ1) is 50.5. The van der Waals surface area contributed by atoms with E-state index in [9.17, 15) is 6.57 Å². The summed E-state index contributed by atoms with van der Waals surface area (Å²) >= 11 is 0. The fraction of sp³-hybridized carbons (Fsp3) is 0. The lowest BCUT2D eigenvalue weighted by molar-refractivity contribution is 0.669. The summed E-state index contributed by atoms with van der Waals surface area (Å²) in [5.41, 5.74) is 18.2. The van der Waals surface area contributed by atoms with Gasteiger partial charge in [0, 0.05) is 65.3 Å². The lowest BCUT2D eigenvalue weighted by Gasteiger charge is -2.25. The number of benzene rings is 13. The molecule has 19 aromatic rings. The van der Waals surface area contributed by atoms with Crippen LogP contribution in [-0.2, 0) is 0 Å². The van der Waals surface area contributed by atoms with Crippen LogP contribution in [0.2, 0.25) is 0 Å². The van der Waals surface area contributed by atoms with Crippen molar-refractivity contribution in [1.82, 2.24) is 24.1 Å². The number of para-hydroxylation sites is 3. The number of rotatable bonds is 8. The van der Waals surface area contributed by atoms with E-state index in [0.717, 1.165) is 160 Å². The molecule has 13 aromatic carbocycles. The number of aromatic nitrogens is 5. The van der Waals surface area contributed by atoms with E-state index in [0.29, 0.717) is 34.4 Å². The van der Waals surface area contributed by atoms with Crippen molar-refractivity contribution in [2.45, 2.75) is 0 Å². The molecule has 0 aliphatic carbocycles. The molecule has 0 saturated carbocycles. The molecular formula is C82H46N6O3. The average Bonchev–Trinajstić information content (AvgIpc) is 1.57. The predicted octanol–water partition coefficient (Wildman–Crippen LogP) is 22.3. The van der Waals surface area contributed by atoms with E-state index >= 15 is 0 Å². The Morgan fingerprint density at radius 1 is 0.286 bits per heavy atom. The topological polar surface area (TPSA) is 92.3 Å². The Morgan fingerprint density at radius 2 is 0.692 bits per heavy atom. The highest BCUT2D eigenvalue weighted by atomic mass is 16.3. The maximum absolute atomic E-state index is 9.72. The highest BCUT2D eigenvalue weighted by molar-refractivity contribution is 6.27. The second-order valence-electron chi connectivity index (χ2n) is 23.2. The van der Waals surface area contributed by atoms with Gasteiger partial charge in [-0.2, -0.15) is 0 Å². The summed E-state index contributed by atoms with van der Waals surface area (Å²) in [6.07, 6.45) is 0. The third-order valence-corrected chi connectivity index (χ3v) is 18.2. The lowest BCUT2D eigenvalue weighted by Crippen LogP contribution is -2.09. The van der Waals surface area contributed by atoms with E-state index in [1.165, 1.54) is 0 Å². The SMILES string of the molecule is [C-]#[N+]c1cc(-c2nc(-c3ccccc3)nc(-c3ccc4oc5ccccc5c4c3)n2)c(-c2ccccc2)c(-n2c3ccc(-c4ccccc4)cc3c3c4oc5ccccc5c4ccc32)c1-n1c2ccc(-c3ccccc3)cc2c2c3oc4ccccc4c3ccc21. The van der Waals surface area contributed by atoms with E-state index in [1.807, 2.05) is 103 Å². The number of hydrogen-bond acceptors (Lipinski definition) is 6. The Labute approximate surface area is 519 Å². The molecule has 422 valence electrons. The molecule has 0 atom stereocenters. The summed E-state index contributed by atoms with van der Waals surface area (Å²) in [5.74, 6) is 1.34. The summed E-state index contributed by atoms with van der Waals surface area (Å²) in [4.78, 5) is 21.1. The van der Waals surface area contributed by atoms with Gasteiger partial charge in [-0.25, -0.2) is 19.8 Å². The largest absolute Gasteiger partial charge is 0.456 e. The van der Waals surface area contributed by atoms with Gasteiger partial charge >= 0.3 is 0 Å². The van der Waals surface area contributed by atoms with E-state index in [1.54, 1.807) is 0 Å². The Bertz CT molecular complexity index is 6270. The lowest BCUT2D eigenvalue weighted by atomic mass is 9.93. The number of hydrogen-bond donors (Lipinski definition) is 0. The zero-order valence-corrected chi connectivity index (χ0v) is 48.5. The molecule has 9 nitrogen and oxygen atoms in total. The number of nitrogens with zero attached hydrogens (tertiary/aromatic N) is 6. The van der Waals surface area contributed by atoms with E-state index in [-0.39, 0.29) is 0 Å². The maximum atomic E-state index is 9.72. The van der Waals surface area contributed by atoms with Gasteiger partial charge in [0.25, 0.3) is 0 Å². The average molecular weight is 1160 g/mol. The van der Waals surface area contributed by atoms with Crippen LogP contribution in [0.15, 0.2) is 292 Å². The molecule has 0 aliphatic rings. The van der Waals surface area contributed by atoms with Gasteiger partial charge in [-0.05, 0) is 119 Å². The van der Waals surface area contributed by atoms with Crippen LogP contribution in [0.5, 0.6) is 0 Å². The monoisotopic (exact) mass is 1160 g/mol. The maximum Gasteiger partial charge on any atom is 0.213 e. The molecule has 0 fully saturated rings. The smallest absolute Gasteiger partial charge is 0.213 e. The molecule has 0 N–H and O–H groups in total. The molecule has 0 saturated heterocycles. The van der Waals surface area contributed by atoms with Gasteiger partial charge in [0.15, 0.2) is 17.5 Å². The fourth-order valence-corrected chi connectivity index (χ4v) is 14.1. The highest BCUT2D eigenvalue weighted by Crippen LogP contribution is 2.52. The van der Waals surface area contributed by atoms with Gasteiger partial charge in [0.05, 0.1) is 50.8 Å². The first-order valence-corrected chi connectivity index (χ1v) is 30.3. The van der Waals surface area contributed by atoms with Gasteiger partial charge in [-0.15, -0.1) is 0 Å². The van der Waals surface area contributed by atoms with Gasteiger partial charge < -0.3 is 22.4 Å². The Morgan fingerprint density at radius 3 is 1.23 bits per heavy atom. The molecule has 9 heteroatoms. The Balaban J connectivity index is 1.01. The third kappa shape index (κ3) is 7.67. The van der Waals surface area contributed by atoms with Crippen molar-refractivity contribution in [2.75, 3.05) is 0 Å². The van der Waals surface area contributed by atoms with Crippen LogP contribution in [-0.4, -0.2) is 24.1 Å². The number of furan rings is 3. The molecule has 6 heterocycles. The fourth-order valence-electron chi connectivity index (χ4n) is 14.1. The van der Waals surface area contributed by atoms with Gasteiger partial charge in [0.2, 0.25) is 5.69 Å². The minimum absolute atomic E-state index is 0.371. The Kier molecular flexibility index (Phi) is 10.9. The van der Waals surface area contributed by atoms with Gasteiger partial charge in [-0.1, -0.05) is 188 Å². The molecule has 0 bridgehead atoms. The molecule has 91 heavy (non-hydrogen) atoms. The van der Waals surface area contributed by atoms with Crippen molar-refractivity contribution in [3.8, 4) is 78.9 Å². The van der Waals surface area contributed by atoms with Crippen LogP contribution in [0, 0.1) is 6.57 Å². The second kappa shape index (κ2) is 19.7. The van der Waals surface area contributed by atoms with E-state index < -0.39 is 0 Å². The molecule has 0 radical (unpaired) electrons. The quantitative estimate of drug-likeness (QED) is 0.141. The van der Waals surface area contributed by atoms with Crippen molar-refractivity contribution in [1.29, 1.82) is 0 Å². The van der Waals surface area contributed by atoms with Crippen LogP contribution in [0.3, 0.4) is 0 Å². The van der Waals surface area contributed by atoms with E-state index in [2.05, 4.69) is 185 Å². The van der Waals surface area contributed by atoms with E-state index in [4.69, 9.17) is 33.0 Å². The molecule has 0 amide bonds. The number of fused-ring (bicyclic) bond motifs is 17. The first-order chi connectivity index (χ1) is 45.1. The van der Waals surface area contributed by atoms with Crippen molar-refractivity contribution in [2.24, 2.45) is 0 Å². The van der Waals surface area contributed by atoms with Crippen LogP contribution < -0.4 is 0 Å². The molecule has 6 aromatic heterocycles. The third-order valence-electron chi connectivity index (χ3n) is 18.2. The molecule has 0 unspecified atom stereocenters.